The molecule has 1 heterocycles. The topological polar surface area (TPSA) is 94.6 Å². The number of aromatic nitrogens is 2. The van der Waals surface area contributed by atoms with Gasteiger partial charge in [0.15, 0.2) is 0 Å². The van der Waals surface area contributed by atoms with Crippen molar-refractivity contribution in [2.45, 2.75) is 0 Å². The van der Waals surface area contributed by atoms with Crippen molar-refractivity contribution in [2.75, 3.05) is 26.1 Å². The Morgan fingerprint density at radius 3 is 2.72 bits per heavy atom. The number of rotatable bonds is 7. The first-order valence-electron chi connectivity index (χ1n) is 8.57. The lowest BCUT2D eigenvalue weighted by atomic mass is 10.2. The van der Waals surface area contributed by atoms with E-state index in [1.807, 2.05) is 6.07 Å². The lowest BCUT2D eigenvalue weighted by Gasteiger charge is -2.13. The third-order valence-corrected chi connectivity index (χ3v) is 4.16. The van der Waals surface area contributed by atoms with Gasteiger partial charge in [0, 0.05) is 12.6 Å². The normalized spacial score (nSPS) is 10.3. The number of hydrogen-bond acceptors (Lipinski definition) is 6. The molecule has 2 aromatic carbocycles. The summed E-state index contributed by atoms with van der Waals surface area (Å²) in [6, 6.07) is 10.0. The summed E-state index contributed by atoms with van der Waals surface area (Å²) in [7, 11) is 3.03. The van der Waals surface area contributed by atoms with Crippen LogP contribution >= 0.6 is 11.6 Å². The molecule has 0 radical (unpaired) electrons. The zero-order valence-electron chi connectivity index (χ0n) is 15.9. The van der Waals surface area contributed by atoms with Gasteiger partial charge in [0.25, 0.3) is 0 Å². The minimum absolute atomic E-state index is 0.157. The summed E-state index contributed by atoms with van der Waals surface area (Å²) in [4.78, 5) is 20.4. The highest BCUT2D eigenvalue weighted by molar-refractivity contribution is 6.33. The van der Waals surface area contributed by atoms with Crippen molar-refractivity contribution in [2.24, 2.45) is 0 Å². The van der Waals surface area contributed by atoms with Gasteiger partial charge in [-0.2, -0.15) is 9.97 Å². The number of nitrogens with one attached hydrogen (secondary N) is 2. The first-order valence-corrected chi connectivity index (χ1v) is 8.95. The number of amides is 2. The van der Waals surface area contributed by atoms with E-state index in [0.717, 1.165) is 0 Å². The van der Waals surface area contributed by atoms with Crippen LogP contribution in [0.2, 0.25) is 5.02 Å². The van der Waals surface area contributed by atoms with Gasteiger partial charge in [-0.05, 0) is 24.3 Å². The first-order chi connectivity index (χ1) is 14.0. The fraction of sp³-hybridized carbons (Fsp3) is 0.150. The predicted octanol–water partition coefficient (Wildman–Crippen LogP) is 4.40. The number of carbonyl (C=O) groups is 1. The molecule has 29 heavy (non-hydrogen) atoms. The zero-order valence-corrected chi connectivity index (χ0v) is 16.6. The average Bonchev–Trinajstić information content (AvgIpc) is 2.73. The molecular formula is C20H19ClN4O4. The lowest BCUT2D eigenvalue weighted by molar-refractivity contribution is 0.253. The molecule has 0 bridgehead atoms. The minimum Gasteiger partial charge on any atom is -0.496 e. The molecule has 0 aliphatic heterocycles. The Bertz CT molecular complexity index is 1060. The number of ether oxygens (including phenoxy) is 3. The molecule has 3 aromatic rings. The summed E-state index contributed by atoms with van der Waals surface area (Å²) in [5, 5.41) is 6.15. The Morgan fingerprint density at radius 2 is 2.03 bits per heavy atom. The molecule has 0 spiro atoms. The second-order valence-electron chi connectivity index (χ2n) is 5.74. The Hall–Kier alpha value is -3.52. The SMILES string of the molecule is C=CCNC(=O)Nc1ccc(Oc2nc(OC)nc3cccc(OC)c23)cc1Cl. The number of urea groups is 1. The summed E-state index contributed by atoms with van der Waals surface area (Å²) in [5.74, 6) is 1.23. The van der Waals surface area contributed by atoms with Crippen LogP contribution in [0.15, 0.2) is 49.1 Å². The van der Waals surface area contributed by atoms with Crippen molar-refractivity contribution in [3.05, 3.63) is 54.1 Å². The highest BCUT2D eigenvalue weighted by Crippen LogP contribution is 2.37. The van der Waals surface area contributed by atoms with Gasteiger partial charge in [0.2, 0.25) is 5.88 Å². The number of methoxy groups -OCH3 is 2. The molecule has 2 N–H and O–H groups in total. The highest BCUT2D eigenvalue weighted by atomic mass is 35.5. The molecule has 8 nitrogen and oxygen atoms in total. The molecule has 9 heteroatoms. The summed E-state index contributed by atoms with van der Waals surface area (Å²) in [6.07, 6.45) is 1.58. The lowest BCUT2D eigenvalue weighted by Crippen LogP contribution is -2.28. The number of halogens is 1. The molecule has 0 unspecified atom stereocenters. The van der Waals surface area contributed by atoms with E-state index in [1.54, 1.807) is 43.5 Å². The summed E-state index contributed by atoms with van der Waals surface area (Å²) in [6.45, 7) is 3.88. The van der Waals surface area contributed by atoms with Crippen molar-refractivity contribution in [1.29, 1.82) is 0 Å². The molecule has 0 atom stereocenters. The molecule has 1 aromatic heterocycles. The molecule has 0 fully saturated rings. The number of fused-ring (bicyclic) bond motifs is 1. The first kappa shape index (κ1) is 20.2. The van der Waals surface area contributed by atoms with E-state index in [9.17, 15) is 4.79 Å². The molecule has 150 valence electrons. The van der Waals surface area contributed by atoms with Crippen molar-refractivity contribution >= 4 is 34.2 Å². The number of hydrogen-bond donors (Lipinski definition) is 2. The van der Waals surface area contributed by atoms with Gasteiger partial charge in [0.1, 0.15) is 16.9 Å². The second kappa shape index (κ2) is 9.11. The smallest absolute Gasteiger partial charge is 0.320 e. The van der Waals surface area contributed by atoms with Crippen LogP contribution in [0.3, 0.4) is 0 Å². The van der Waals surface area contributed by atoms with Crippen LogP contribution in [0.1, 0.15) is 0 Å². The maximum Gasteiger partial charge on any atom is 0.320 e. The van der Waals surface area contributed by atoms with E-state index in [-0.39, 0.29) is 11.9 Å². The second-order valence-corrected chi connectivity index (χ2v) is 6.14. The predicted molar refractivity (Wildman–Crippen MR) is 111 cm³/mol. The van der Waals surface area contributed by atoms with E-state index >= 15 is 0 Å². The van der Waals surface area contributed by atoms with Gasteiger partial charge in [-0.3, -0.25) is 0 Å². The van der Waals surface area contributed by atoms with Gasteiger partial charge in [0.05, 0.1) is 30.4 Å². The maximum absolute atomic E-state index is 11.8. The van der Waals surface area contributed by atoms with E-state index in [2.05, 4.69) is 27.2 Å². The molecule has 0 aliphatic carbocycles. The molecule has 0 aliphatic rings. The van der Waals surface area contributed by atoms with Gasteiger partial charge in [-0.1, -0.05) is 23.7 Å². The zero-order chi connectivity index (χ0) is 20.8. The fourth-order valence-corrected chi connectivity index (χ4v) is 2.76. The third-order valence-electron chi connectivity index (χ3n) is 3.84. The quantitative estimate of drug-likeness (QED) is 0.556. The number of benzene rings is 2. The van der Waals surface area contributed by atoms with Crippen molar-refractivity contribution in [3.63, 3.8) is 0 Å². The monoisotopic (exact) mass is 414 g/mol. The summed E-state index contributed by atoms with van der Waals surface area (Å²) in [5.41, 5.74) is 1.04. The van der Waals surface area contributed by atoms with Gasteiger partial charge < -0.3 is 24.8 Å². The maximum atomic E-state index is 11.8. The fourth-order valence-electron chi connectivity index (χ4n) is 2.54. The Labute approximate surface area is 172 Å². The van der Waals surface area contributed by atoms with Gasteiger partial charge in [-0.25, -0.2) is 4.79 Å². The number of anilines is 1. The largest absolute Gasteiger partial charge is 0.496 e. The van der Waals surface area contributed by atoms with Crippen LogP contribution in [0.5, 0.6) is 23.4 Å². The third kappa shape index (κ3) is 4.67. The van der Waals surface area contributed by atoms with Crippen LogP contribution in [-0.2, 0) is 0 Å². The van der Waals surface area contributed by atoms with Crippen LogP contribution in [0.25, 0.3) is 10.9 Å². The Morgan fingerprint density at radius 1 is 1.21 bits per heavy atom. The Kier molecular flexibility index (Phi) is 6.36. The molecule has 3 rings (SSSR count). The standard InChI is InChI=1S/C20H19ClN4O4/c1-4-10-22-19(26)23-14-9-8-12(11-13(14)21)29-18-17-15(24-20(25-18)28-3)6-5-7-16(17)27-2/h4-9,11H,1,10H2,2-3H3,(H2,22,23,26). The van der Waals surface area contributed by atoms with Crippen LogP contribution in [0, 0.1) is 0 Å². The van der Waals surface area contributed by atoms with Crippen molar-refractivity contribution in [3.8, 4) is 23.4 Å². The summed E-state index contributed by atoms with van der Waals surface area (Å²) >= 11 is 6.28. The van der Waals surface area contributed by atoms with Crippen LogP contribution < -0.4 is 24.8 Å². The summed E-state index contributed by atoms with van der Waals surface area (Å²) < 4.78 is 16.5. The van der Waals surface area contributed by atoms with Crippen LogP contribution in [-0.4, -0.2) is 36.8 Å². The number of carbonyl (C=O) groups excluding carboxylic acids is 1. The van der Waals surface area contributed by atoms with Crippen LogP contribution in [0.4, 0.5) is 10.5 Å². The minimum atomic E-state index is -0.392. The van der Waals surface area contributed by atoms with E-state index in [4.69, 9.17) is 25.8 Å². The molecular weight excluding hydrogens is 396 g/mol. The van der Waals surface area contributed by atoms with E-state index in [1.165, 1.54) is 7.11 Å². The van der Waals surface area contributed by atoms with Gasteiger partial charge in [-0.15, -0.1) is 6.58 Å². The average molecular weight is 415 g/mol. The highest BCUT2D eigenvalue weighted by Gasteiger charge is 2.16. The number of nitrogens with zero attached hydrogens (tertiary/aromatic N) is 2. The van der Waals surface area contributed by atoms with Gasteiger partial charge >= 0.3 is 12.0 Å². The van der Waals surface area contributed by atoms with E-state index in [0.29, 0.717) is 39.7 Å². The molecule has 2 amide bonds. The molecule has 0 saturated heterocycles. The molecule has 0 saturated carbocycles. The van der Waals surface area contributed by atoms with Crippen molar-refractivity contribution < 1.29 is 19.0 Å². The van der Waals surface area contributed by atoms with E-state index < -0.39 is 6.03 Å². The van der Waals surface area contributed by atoms with Crippen molar-refractivity contribution in [1.82, 2.24) is 15.3 Å². The Balaban J connectivity index is 1.91.